The van der Waals surface area contributed by atoms with Crippen LogP contribution in [0.4, 0.5) is 11.4 Å². The average Bonchev–Trinajstić information content (AvgIpc) is 2.73. The van der Waals surface area contributed by atoms with Crippen LogP contribution < -0.4 is 15.8 Å². The van der Waals surface area contributed by atoms with Gasteiger partial charge in [-0.1, -0.05) is 42.5 Å². The Bertz CT molecular complexity index is 952. The Kier molecular flexibility index (Phi) is 6.92. The summed E-state index contributed by atoms with van der Waals surface area (Å²) in [7, 11) is 1.94. The molecule has 0 radical (unpaired) electrons. The van der Waals surface area contributed by atoms with Gasteiger partial charge in [-0.3, -0.25) is 0 Å². The van der Waals surface area contributed by atoms with Crippen molar-refractivity contribution in [2.24, 2.45) is 4.99 Å². The minimum atomic E-state index is -0.0743. The van der Waals surface area contributed by atoms with Crippen molar-refractivity contribution in [3.05, 3.63) is 77.6 Å². The lowest BCUT2D eigenvalue weighted by Crippen LogP contribution is -2.16. The van der Waals surface area contributed by atoms with Crippen LogP contribution in [0.5, 0.6) is 5.75 Å². The quantitative estimate of drug-likeness (QED) is 0.563. The number of benzene rings is 2. The molecule has 1 heterocycles. The van der Waals surface area contributed by atoms with Gasteiger partial charge in [0.25, 0.3) is 0 Å². The van der Waals surface area contributed by atoms with Crippen molar-refractivity contribution >= 4 is 17.1 Å². The Hall–Kier alpha value is -3.25. The standard InChI is InChI=1S/C23H27N5O/c1-16(23-17(2)28-26-15-19(23)24)27-20-11-7-8-12-22(20)29-21(13-14-25-3)18-9-5-4-6-10-18/h4-12,15,21,25H,13-14H2,1-3H3,(H2,24,28). The van der Waals surface area contributed by atoms with Crippen LogP contribution in [0.3, 0.4) is 0 Å². The van der Waals surface area contributed by atoms with Crippen LogP contribution in [0.15, 0.2) is 65.8 Å². The first kappa shape index (κ1) is 20.5. The fourth-order valence-electron chi connectivity index (χ4n) is 3.25. The highest BCUT2D eigenvalue weighted by molar-refractivity contribution is 6.05. The monoisotopic (exact) mass is 389 g/mol. The molecule has 3 N–H and O–H groups in total. The summed E-state index contributed by atoms with van der Waals surface area (Å²) in [6.07, 6.45) is 2.32. The zero-order chi connectivity index (χ0) is 20.6. The van der Waals surface area contributed by atoms with Crippen molar-refractivity contribution in [3.8, 4) is 5.75 Å². The van der Waals surface area contributed by atoms with E-state index < -0.39 is 0 Å². The number of nitrogen functional groups attached to an aromatic ring is 1. The Morgan fingerprint density at radius 2 is 1.86 bits per heavy atom. The number of aryl methyl sites for hydroxylation is 1. The summed E-state index contributed by atoms with van der Waals surface area (Å²) in [6, 6.07) is 18.0. The fraction of sp³-hybridized carbons (Fsp3) is 0.261. The Labute approximate surface area is 171 Å². The van der Waals surface area contributed by atoms with E-state index in [2.05, 4.69) is 27.6 Å². The van der Waals surface area contributed by atoms with Crippen LogP contribution in [0.2, 0.25) is 0 Å². The number of rotatable bonds is 8. The summed E-state index contributed by atoms with van der Waals surface area (Å²) in [5, 5.41) is 11.2. The third-order valence-corrected chi connectivity index (χ3v) is 4.67. The van der Waals surface area contributed by atoms with Gasteiger partial charge >= 0.3 is 0 Å². The van der Waals surface area contributed by atoms with Crippen LogP contribution in [0.1, 0.15) is 36.3 Å². The van der Waals surface area contributed by atoms with Crippen LogP contribution >= 0.6 is 0 Å². The van der Waals surface area contributed by atoms with Gasteiger partial charge in [-0.2, -0.15) is 10.2 Å². The van der Waals surface area contributed by atoms with Gasteiger partial charge in [-0.15, -0.1) is 0 Å². The summed E-state index contributed by atoms with van der Waals surface area (Å²) >= 11 is 0. The number of hydrogen-bond donors (Lipinski definition) is 2. The lowest BCUT2D eigenvalue weighted by molar-refractivity contribution is 0.196. The van der Waals surface area contributed by atoms with E-state index in [9.17, 15) is 0 Å². The maximum atomic E-state index is 6.42. The molecule has 2 aromatic carbocycles. The van der Waals surface area contributed by atoms with Gasteiger partial charge in [0, 0.05) is 17.7 Å². The van der Waals surface area contributed by atoms with Gasteiger partial charge in [0.15, 0.2) is 0 Å². The second kappa shape index (κ2) is 9.80. The van der Waals surface area contributed by atoms with Gasteiger partial charge in [0.2, 0.25) is 0 Å². The molecule has 0 saturated heterocycles. The van der Waals surface area contributed by atoms with Crippen molar-refractivity contribution in [2.45, 2.75) is 26.4 Å². The molecule has 0 aliphatic rings. The van der Waals surface area contributed by atoms with E-state index in [4.69, 9.17) is 15.5 Å². The minimum Gasteiger partial charge on any atom is -0.483 e. The normalized spacial score (nSPS) is 12.6. The van der Waals surface area contributed by atoms with Gasteiger partial charge in [0.1, 0.15) is 17.5 Å². The van der Waals surface area contributed by atoms with E-state index in [1.165, 1.54) is 0 Å². The topological polar surface area (TPSA) is 85.4 Å². The van der Waals surface area contributed by atoms with Crippen LogP contribution in [-0.4, -0.2) is 29.5 Å². The van der Waals surface area contributed by atoms with Crippen molar-refractivity contribution in [1.29, 1.82) is 0 Å². The van der Waals surface area contributed by atoms with Gasteiger partial charge in [0.05, 0.1) is 17.6 Å². The highest BCUT2D eigenvalue weighted by Gasteiger charge is 2.16. The van der Waals surface area contributed by atoms with Crippen molar-refractivity contribution in [3.63, 3.8) is 0 Å². The molecule has 150 valence electrons. The fourth-order valence-corrected chi connectivity index (χ4v) is 3.25. The molecule has 1 aromatic heterocycles. The van der Waals surface area contributed by atoms with E-state index >= 15 is 0 Å². The van der Waals surface area contributed by atoms with E-state index in [0.717, 1.165) is 46.9 Å². The third-order valence-electron chi connectivity index (χ3n) is 4.67. The molecule has 6 heteroatoms. The second-order valence-corrected chi connectivity index (χ2v) is 6.83. The molecule has 29 heavy (non-hydrogen) atoms. The molecule has 3 rings (SSSR count). The molecular weight excluding hydrogens is 362 g/mol. The van der Waals surface area contributed by atoms with Gasteiger partial charge < -0.3 is 15.8 Å². The molecule has 0 fully saturated rings. The van der Waals surface area contributed by atoms with E-state index in [0.29, 0.717) is 5.69 Å². The first-order valence-electron chi connectivity index (χ1n) is 9.68. The molecule has 0 bridgehead atoms. The van der Waals surface area contributed by atoms with Gasteiger partial charge in [-0.05, 0) is 45.1 Å². The number of ether oxygens (including phenoxy) is 1. The van der Waals surface area contributed by atoms with Crippen molar-refractivity contribution in [2.75, 3.05) is 19.3 Å². The van der Waals surface area contributed by atoms with Crippen LogP contribution in [0, 0.1) is 6.92 Å². The minimum absolute atomic E-state index is 0.0743. The molecule has 0 amide bonds. The van der Waals surface area contributed by atoms with Gasteiger partial charge in [-0.25, -0.2) is 4.99 Å². The number of aromatic nitrogens is 2. The lowest BCUT2D eigenvalue weighted by Gasteiger charge is -2.21. The summed E-state index contributed by atoms with van der Waals surface area (Å²) in [6.45, 7) is 4.65. The Morgan fingerprint density at radius 3 is 2.59 bits per heavy atom. The number of hydrogen-bond acceptors (Lipinski definition) is 6. The predicted octanol–water partition coefficient (Wildman–Crippen LogP) is 4.24. The molecule has 0 aliphatic heterocycles. The first-order chi connectivity index (χ1) is 14.1. The highest BCUT2D eigenvalue weighted by Crippen LogP contribution is 2.33. The third kappa shape index (κ3) is 5.18. The van der Waals surface area contributed by atoms with E-state index in [1.54, 1.807) is 6.20 Å². The average molecular weight is 390 g/mol. The molecule has 3 aromatic rings. The van der Waals surface area contributed by atoms with Crippen molar-refractivity contribution in [1.82, 2.24) is 15.5 Å². The predicted molar refractivity (Wildman–Crippen MR) is 118 cm³/mol. The van der Waals surface area contributed by atoms with Crippen LogP contribution in [0.25, 0.3) is 0 Å². The number of nitrogens with two attached hydrogens (primary N) is 1. The maximum Gasteiger partial charge on any atom is 0.145 e. The zero-order valence-corrected chi connectivity index (χ0v) is 17.1. The SMILES string of the molecule is CNCCC(Oc1ccccc1N=C(C)c1c(N)cnnc1C)c1ccccc1. The Balaban J connectivity index is 1.93. The Morgan fingerprint density at radius 1 is 1.14 bits per heavy atom. The number of nitrogens with one attached hydrogen (secondary N) is 1. The second-order valence-electron chi connectivity index (χ2n) is 6.83. The summed E-state index contributed by atoms with van der Waals surface area (Å²) in [5.74, 6) is 0.732. The maximum absolute atomic E-state index is 6.42. The molecule has 1 atom stereocenters. The molecule has 1 unspecified atom stereocenters. The largest absolute Gasteiger partial charge is 0.483 e. The molecule has 0 saturated carbocycles. The van der Waals surface area contributed by atoms with Crippen LogP contribution in [-0.2, 0) is 0 Å². The highest BCUT2D eigenvalue weighted by atomic mass is 16.5. The lowest BCUT2D eigenvalue weighted by atomic mass is 10.1. The summed E-state index contributed by atoms with van der Waals surface area (Å²) in [5.41, 5.74) is 10.9. The summed E-state index contributed by atoms with van der Waals surface area (Å²) in [4.78, 5) is 4.81. The van der Waals surface area contributed by atoms with Crippen molar-refractivity contribution < 1.29 is 4.74 Å². The van der Waals surface area contributed by atoms with E-state index in [-0.39, 0.29) is 6.10 Å². The first-order valence-corrected chi connectivity index (χ1v) is 9.68. The number of aliphatic imine (C=N–C) groups is 1. The number of para-hydroxylation sites is 2. The van der Waals surface area contributed by atoms with E-state index in [1.807, 2.05) is 63.4 Å². The molecule has 0 spiro atoms. The zero-order valence-electron chi connectivity index (χ0n) is 17.1. The number of nitrogens with zero attached hydrogens (tertiary/aromatic N) is 3. The smallest absolute Gasteiger partial charge is 0.145 e. The number of anilines is 1. The molecule has 0 aliphatic carbocycles. The molecular formula is C23H27N5O. The molecule has 6 nitrogen and oxygen atoms in total. The summed E-state index contributed by atoms with van der Waals surface area (Å²) < 4.78 is 6.42.